The van der Waals surface area contributed by atoms with E-state index in [2.05, 4.69) is 20.9 Å². The van der Waals surface area contributed by atoms with Crippen molar-refractivity contribution in [1.29, 1.82) is 0 Å². The van der Waals surface area contributed by atoms with Gasteiger partial charge in [-0.3, -0.25) is 0 Å². The highest BCUT2D eigenvalue weighted by atomic mass is 16.5. The summed E-state index contributed by atoms with van der Waals surface area (Å²) in [5.41, 5.74) is 3.02. The van der Waals surface area contributed by atoms with E-state index in [1.54, 1.807) is 13.3 Å². The molecule has 5 nitrogen and oxygen atoms in total. The van der Waals surface area contributed by atoms with Gasteiger partial charge in [0, 0.05) is 30.5 Å². The summed E-state index contributed by atoms with van der Waals surface area (Å²) in [5.74, 6) is 0.604. The lowest BCUT2D eigenvalue weighted by molar-refractivity contribution is 0.168. The molecule has 1 atom stereocenters. The van der Waals surface area contributed by atoms with Crippen molar-refractivity contribution in [2.45, 2.75) is 25.5 Å². The molecule has 0 radical (unpaired) electrons. The van der Waals surface area contributed by atoms with Crippen molar-refractivity contribution in [3.63, 3.8) is 0 Å². The summed E-state index contributed by atoms with van der Waals surface area (Å²) < 4.78 is 5.30. The molecule has 1 aliphatic heterocycles. The lowest BCUT2D eigenvalue weighted by Crippen LogP contribution is -2.24. The molecule has 0 saturated heterocycles. The van der Waals surface area contributed by atoms with Gasteiger partial charge in [-0.25, -0.2) is 9.97 Å². The number of aliphatic hydroxyl groups is 1. The van der Waals surface area contributed by atoms with Gasteiger partial charge in [0.1, 0.15) is 6.33 Å². The molecule has 1 aromatic heterocycles. The van der Waals surface area contributed by atoms with Gasteiger partial charge in [0.2, 0.25) is 5.88 Å². The standard InChI is InChI=1S/C16H19N3O2/c1-21-16-12(9-17-11-18-16)10-19-8-4-7-15(20)13-5-2-3-6-14(13)19/h2-3,5-6,9,11,15,20H,4,7-8,10H2,1H3. The van der Waals surface area contributed by atoms with Crippen LogP contribution in [0, 0.1) is 0 Å². The van der Waals surface area contributed by atoms with Gasteiger partial charge in [-0.1, -0.05) is 18.2 Å². The Hall–Kier alpha value is -2.14. The summed E-state index contributed by atoms with van der Waals surface area (Å²) in [7, 11) is 1.62. The number of anilines is 1. The SMILES string of the molecule is COc1ncncc1CN1CCCC(O)c2ccccc21. The fraction of sp³-hybridized carbons (Fsp3) is 0.375. The Labute approximate surface area is 124 Å². The zero-order chi connectivity index (χ0) is 14.7. The molecule has 1 unspecified atom stereocenters. The molecular weight excluding hydrogens is 266 g/mol. The Balaban J connectivity index is 1.93. The third-order valence-corrected chi connectivity index (χ3v) is 3.84. The molecule has 5 heteroatoms. The maximum atomic E-state index is 10.2. The summed E-state index contributed by atoms with van der Waals surface area (Å²) in [5, 5.41) is 10.2. The normalized spacial score (nSPS) is 18.0. The summed E-state index contributed by atoms with van der Waals surface area (Å²) in [6.45, 7) is 1.57. The fourth-order valence-electron chi connectivity index (χ4n) is 2.82. The van der Waals surface area contributed by atoms with E-state index in [0.29, 0.717) is 12.4 Å². The first kappa shape index (κ1) is 13.8. The van der Waals surface area contributed by atoms with Gasteiger partial charge < -0.3 is 14.7 Å². The second-order valence-electron chi connectivity index (χ2n) is 5.20. The molecule has 1 aliphatic rings. The first-order valence-corrected chi connectivity index (χ1v) is 7.14. The molecule has 0 saturated carbocycles. The van der Waals surface area contributed by atoms with Gasteiger partial charge in [0.05, 0.1) is 18.8 Å². The van der Waals surface area contributed by atoms with Crippen LogP contribution in [-0.4, -0.2) is 28.7 Å². The van der Waals surface area contributed by atoms with Crippen molar-refractivity contribution in [3.8, 4) is 5.88 Å². The van der Waals surface area contributed by atoms with Gasteiger partial charge >= 0.3 is 0 Å². The van der Waals surface area contributed by atoms with E-state index in [-0.39, 0.29) is 6.10 Å². The maximum Gasteiger partial charge on any atom is 0.221 e. The largest absolute Gasteiger partial charge is 0.481 e. The first-order chi connectivity index (χ1) is 10.3. The van der Waals surface area contributed by atoms with Crippen molar-refractivity contribution in [2.75, 3.05) is 18.6 Å². The zero-order valence-electron chi connectivity index (χ0n) is 12.1. The Bertz CT molecular complexity index is 618. The van der Waals surface area contributed by atoms with Crippen LogP contribution in [0.25, 0.3) is 0 Å². The van der Waals surface area contributed by atoms with Crippen LogP contribution in [0.4, 0.5) is 5.69 Å². The van der Waals surface area contributed by atoms with Crippen molar-refractivity contribution in [1.82, 2.24) is 9.97 Å². The van der Waals surface area contributed by atoms with Crippen LogP contribution in [0.3, 0.4) is 0 Å². The lowest BCUT2D eigenvalue weighted by atomic mass is 10.0. The van der Waals surface area contributed by atoms with Crippen LogP contribution in [0.1, 0.15) is 30.1 Å². The van der Waals surface area contributed by atoms with Gasteiger partial charge in [-0.15, -0.1) is 0 Å². The minimum absolute atomic E-state index is 0.389. The molecule has 2 heterocycles. The van der Waals surface area contributed by atoms with Crippen molar-refractivity contribution in [2.24, 2.45) is 0 Å². The van der Waals surface area contributed by atoms with Crippen LogP contribution in [-0.2, 0) is 6.54 Å². The van der Waals surface area contributed by atoms with Gasteiger partial charge in [-0.2, -0.15) is 0 Å². The Morgan fingerprint density at radius 3 is 3.10 bits per heavy atom. The molecule has 0 aliphatic carbocycles. The minimum Gasteiger partial charge on any atom is -0.481 e. The molecule has 110 valence electrons. The average Bonchev–Trinajstić information content (AvgIpc) is 2.68. The number of hydrogen-bond acceptors (Lipinski definition) is 5. The van der Waals surface area contributed by atoms with Crippen LogP contribution < -0.4 is 9.64 Å². The highest BCUT2D eigenvalue weighted by molar-refractivity contribution is 5.56. The number of ether oxygens (including phenoxy) is 1. The number of para-hydroxylation sites is 1. The Kier molecular flexibility index (Phi) is 4.01. The van der Waals surface area contributed by atoms with Gasteiger partial charge in [0.15, 0.2) is 0 Å². The van der Waals surface area contributed by atoms with Crippen molar-refractivity contribution >= 4 is 5.69 Å². The Morgan fingerprint density at radius 2 is 2.24 bits per heavy atom. The number of aliphatic hydroxyl groups excluding tert-OH is 1. The molecular formula is C16H19N3O2. The third-order valence-electron chi connectivity index (χ3n) is 3.84. The number of rotatable bonds is 3. The van der Waals surface area contributed by atoms with Gasteiger partial charge in [-0.05, 0) is 18.9 Å². The van der Waals surface area contributed by atoms with E-state index < -0.39 is 0 Å². The molecule has 0 spiro atoms. The van der Waals surface area contributed by atoms with Crippen LogP contribution >= 0.6 is 0 Å². The number of fused-ring (bicyclic) bond motifs is 1. The summed E-state index contributed by atoms with van der Waals surface area (Å²) in [6, 6.07) is 8.03. The fourth-order valence-corrected chi connectivity index (χ4v) is 2.82. The third kappa shape index (κ3) is 2.83. The summed E-state index contributed by atoms with van der Waals surface area (Å²) in [6.07, 6.45) is 4.63. The monoisotopic (exact) mass is 285 g/mol. The average molecular weight is 285 g/mol. The van der Waals surface area contributed by atoms with E-state index in [1.807, 2.05) is 18.2 Å². The second kappa shape index (κ2) is 6.10. The van der Waals surface area contributed by atoms with E-state index in [0.717, 1.165) is 36.2 Å². The van der Waals surface area contributed by atoms with E-state index in [4.69, 9.17) is 4.74 Å². The smallest absolute Gasteiger partial charge is 0.221 e. The van der Waals surface area contributed by atoms with Crippen molar-refractivity contribution < 1.29 is 9.84 Å². The maximum absolute atomic E-state index is 10.2. The van der Waals surface area contributed by atoms with Crippen LogP contribution in [0.15, 0.2) is 36.8 Å². The summed E-state index contributed by atoms with van der Waals surface area (Å²) >= 11 is 0. The highest BCUT2D eigenvalue weighted by Gasteiger charge is 2.21. The molecule has 0 bridgehead atoms. The van der Waals surface area contributed by atoms with E-state index >= 15 is 0 Å². The molecule has 0 fully saturated rings. The van der Waals surface area contributed by atoms with Gasteiger partial charge in [0.25, 0.3) is 0 Å². The van der Waals surface area contributed by atoms with Crippen molar-refractivity contribution in [3.05, 3.63) is 47.9 Å². The zero-order valence-corrected chi connectivity index (χ0v) is 12.1. The lowest BCUT2D eigenvalue weighted by Gasteiger charge is -2.25. The minimum atomic E-state index is -0.389. The molecule has 2 aromatic rings. The Morgan fingerprint density at radius 1 is 1.38 bits per heavy atom. The number of benzene rings is 1. The number of aromatic nitrogens is 2. The number of methoxy groups -OCH3 is 1. The predicted molar refractivity (Wildman–Crippen MR) is 80.3 cm³/mol. The molecule has 1 aromatic carbocycles. The molecule has 0 amide bonds. The van der Waals surface area contributed by atoms with E-state index in [1.165, 1.54) is 6.33 Å². The molecule has 3 rings (SSSR count). The molecule has 1 N–H and O–H groups in total. The predicted octanol–water partition coefficient (Wildman–Crippen LogP) is 2.32. The molecule has 21 heavy (non-hydrogen) atoms. The van der Waals surface area contributed by atoms with E-state index in [9.17, 15) is 5.11 Å². The first-order valence-electron chi connectivity index (χ1n) is 7.14. The topological polar surface area (TPSA) is 58.5 Å². The summed E-state index contributed by atoms with van der Waals surface area (Å²) in [4.78, 5) is 10.5. The number of nitrogens with zero attached hydrogens (tertiary/aromatic N) is 3. The highest BCUT2D eigenvalue weighted by Crippen LogP contribution is 2.33. The second-order valence-corrected chi connectivity index (χ2v) is 5.20. The van der Waals surface area contributed by atoms with Crippen LogP contribution in [0.5, 0.6) is 5.88 Å². The quantitative estimate of drug-likeness (QED) is 0.938. The van der Waals surface area contributed by atoms with Crippen LogP contribution in [0.2, 0.25) is 0 Å². The number of hydrogen-bond donors (Lipinski definition) is 1.